The van der Waals surface area contributed by atoms with Crippen LogP contribution < -0.4 is 0 Å². The fraction of sp³-hybridized carbons (Fsp3) is 1.00. The molecule has 1 fully saturated rings. The number of aliphatic hydroxyl groups is 1. The average molecular weight is 1000 g/mol. The van der Waals surface area contributed by atoms with Gasteiger partial charge in [-0.25, -0.2) is 0 Å². The Labute approximate surface area is 450 Å². The van der Waals surface area contributed by atoms with Crippen LogP contribution in [0.15, 0.2) is 0 Å². The summed E-state index contributed by atoms with van der Waals surface area (Å²) in [5, 5.41) is 10.7. The van der Waals surface area contributed by atoms with Crippen LogP contribution in [0.1, 0.15) is 402 Å². The summed E-state index contributed by atoms with van der Waals surface area (Å²) in [6.07, 6.45) is 78.2. The van der Waals surface area contributed by atoms with E-state index in [1.165, 1.54) is 353 Å². The largest absolute Gasteiger partial charge is 0.368 e. The highest BCUT2D eigenvalue weighted by molar-refractivity contribution is 5.05. The van der Waals surface area contributed by atoms with Crippen molar-refractivity contribution < 1.29 is 9.84 Å². The molecule has 2 nitrogen and oxygen atoms in total. The predicted octanol–water partition coefficient (Wildman–Crippen LogP) is 24.8. The van der Waals surface area contributed by atoms with Crippen molar-refractivity contribution in [2.45, 2.75) is 408 Å². The highest BCUT2D eigenvalue weighted by Gasteiger charge is 2.55. The van der Waals surface area contributed by atoms with Crippen LogP contribution in [0.5, 0.6) is 0 Å². The standard InChI is InChI=1S/C69H138O2/c1-8-14-20-26-32-35-41-47-52-65(51-44-38-29-23-17-11-4)61-68(59-60-71-64(7)70)57-50-58-69(68,62-66(53-45-39-30-24-18-12-5)55-48-42-36-33-27-21-15-9-2)63-67(54-46-40-31-25-19-13-6)56-49-43-37-34-28-22-16-10-3/h64-67,70H,8-63H2,1-7H3. The first-order chi connectivity index (χ1) is 34.9. The van der Waals surface area contributed by atoms with Gasteiger partial charge in [-0.1, -0.05) is 356 Å². The van der Waals surface area contributed by atoms with Crippen LogP contribution in [0, 0.1) is 28.6 Å². The molecule has 0 spiro atoms. The number of rotatable bonds is 58. The summed E-state index contributed by atoms with van der Waals surface area (Å²) in [6, 6.07) is 0. The number of unbranched alkanes of at least 4 members (excludes halogenated alkanes) is 36. The van der Waals surface area contributed by atoms with Crippen molar-refractivity contribution in [2.75, 3.05) is 6.61 Å². The average Bonchev–Trinajstić information content (AvgIpc) is 3.69. The van der Waals surface area contributed by atoms with Gasteiger partial charge in [-0.15, -0.1) is 0 Å². The zero-order chi connectivity index (χ0) is 51.6. The third-order valence-electron chi connectivity index (χ3n) is 18.7. The highest BCUT2D eigenvalue weighted by Crippen LogP contribution is 2.65. The molecule has 1 aliphatic rings. The normalized spacial score (nSPS) is 18.9. The van der Waals surface area contributed by atoms with E-state index < -0.39 is 6.29 Å². The lowest BCUT2D eigenvalue weighted by Crippen LogP contribution is -2.43. The summed E-state index contributed by atoms with van der Waals surface area (Å²) >= 11 is 0. The molecule has 1 N–H and O–H groups in total. The van der Waals surface area contributed by atoms with E-state index in [0.29, 0.717) is 10.8 Å². The maximum atomic E-state index is 10.7. The monoisotopic (exact) mass is 999 g/mol. The summed E-state index contributed by atoms with van der Waals surface area (Å²) < 4.78 is 6.34. The minimum Gasteiger partial charge on any atom is -0.368 e. The summed E-state index contributed by atoms with van der Waals surface area (Å²) in [5.41, 5.74) is 0.750. The molecule has 71 heavy (non-hydrogen) atoms. The Hall–Kier alpha value is -0.0800. The molecule has 0 aromatic heterocycles. The smallest absolute Gasteiger partial charge is 0.151 e. The third-order valence-corrected chi connectivity index (χ3v) is 18.7. The molecule has 0 radical (unpaired) electrons. The molecule has 5 unspecified atom stereocenters. The van der Waals surface area contributed by atoms with Gasteiger partial charge in [0.1, 0.15) is 0 Å². The second-order valence-corrected chi connectivity index (χ2v) is 25.3. The number of hydrogen-bond acceptors (Lipinski definition) is 2. The Morgan fingerprint density at radius 1 is 0.310 bits per heavy atom. The first kappa shape index (κ1) is 68.9. The lowest BCUT2D eigenvalue weighted by atomic mass is 9.53. The number of aliphatic hydroxyl groups excluding tert-OH is 1. The summed E-state index contributed by atoms with van der Waals surface area (Å²) in [5.74, 6) is 2.60. The van der Waals surface area contributed by atoms with Gasteiger partial charge >= 0.3 is 0 Å². The minimum atomic E-state index is -0.663. The van der Waals surface area contributed by atoms with E-state index in [9.17, 15) is 5.11 Å². The molecule has 0 amide bonds. The molecule has 0 saturated heterocycles. The van der Waals surface area contributed by atoms with Crippen molar-refractivity contribution in [1.82, 2.24) is 0 Å². The van der Waals surface area contributed by atoms with Gasteiger partial charge in [0.05, 0.1) is 6.61 Å². The molecule has 426 valence electrons. The summed E-state index contributed by atoms with van der Waals surface area (Å²) in [7, 11) is 0. The zero-order valence-electron chi connectivity index (χ0n) is 50.8. The van der Waals surface area contributed by atoms with Crippen molar-refractivity contribution in [1.29, 1.82) is 0 Å². The van der Waals surface area contributed by atoms with E-state index in [-0.39, 0.29) is 0 Å². The maximum Gasteiger partial charge on any atom is 0.151 e. The van der Waals surface area contributed by atoms with Crippen LogP contribution in [0.3, 0.4) is 0 Å². The SMILES string of the molecule is CCCCCCCCCCC(CCCCCCCC)CC1(CCOC(C)O)CCCC1(CC(CCCCCCCC)CCCCCCCCCC)CC(CCCCCCCC)CCCCCCCCCC. The van der Waals surface area contributed by atoms with Crippen LogP contribution in [0.2, 0.25) is 0 Å². The molecular weight excluding hydrogens is 861 g/mol. The molecule has 1 aliphatic carbocycles. The van der Waals surface area contributed by atoms with Crippen LogP contribution in [-0.2, 0) is 4.74 Å². The van der Waals surface area contributed by atoms with Gasteiger partial charge in [-0.05, 0) is 74.0 Å². The van der Waals surface area contributed by atoms with E-state index in [4.69, 9.17) is 4.74 Å². The first-order valence-corrected chi connectivity index (χ1v) is 34.1. The molecular formula is C69H138O2. The second kappa shape index (κ2) is 50.7. The van der Waals surface area contributed by atoms with Crippen LogP contribution in [0.25, 0.3) is 0 Å². The Balaban J connectivity index is 3.75. The molecule has 0 aliphatic heterocycles. The fourth-order valence-electron chi connectivity index (χ4n) is 14.3. The fourth-order valence-corrected chi connectivity index (χ4v) is 14.3. The first-order valence-electron chi connectivity index (χ1n) is 34.1. The van der Waals surface area contributed by atoms with Gasteiger partial charge < -0.3 is 9.84 Å². The quantitative estimate of drug-likeness (QED) is 0.0486. The van der Waals surface area contributed by atoms with E-state index in [2.05, 4.69) is 41.5 Å². The van der Waals surface area contributed by atoms with Gasteiger partial charge in [-0.2, -0.15) is 0 Å². The Kier molecular flexibility index (Phi) is 49.2. The maximum absolute atomic E-state index is 10.7. The molecule has 0 aromatic carbocycles. The lowest BCUT2D eigenvalue weighted by Gasteiger charge is -2.52. The van der Waals surface area contributed by atoms with Gasteiger partial charge in [0.25, 0.3) is 0 Å². The molecule has 2 heteroatoms. The van der Waals surface area contributed by atoms with Crippen LogP contribution in [0.4, 0.5) is 0 Å². The lowest BCUT2D eigenvalue weighted by molar-refractivity contribution is -0.108. The van der Waals surface area contributed by atoms with Gasteiger partial charge in [-0.3, -0.25) is 0 Å². The molecule has 5 atom stereocenters. The van der Waals surface area contributed by atoms with Gasteiger partial charge in [0.2, 0.25) is 0 Å². The van der Waals surface area contributed by atoms with E-state index in [0.717, 1.165) is 24.4 Å². The molecule has 0 bridgehead atoms. The number of hydrogen-bond donors (Lipinski definition) is 1. The van der Waals surface area contributed by atoms with E-state index in [1.54, 1.807) is 0 Å². The third kappa shape index (κ3) is 37.4. The molecule has 0 aromatic rings. The minimum absolute atomic E-state index is 0.340. The highest BCUT2D eigenvalue weighted by atomic mass is 16.6. The van der Waals surface area contributed by atoms with Gasteiger partial charge in [0, 0.05) is 0 Å². The van der Waals surface area contributed by atoms with Crippen molar-refractivity contribution in [3.63, 3.8) is 0 Å². The molecule has 1 saturated carbocycles. The van der Waals surface area contributed by atoms with Crippen LogP contribution >= 0.6 is 0 Å². The summed E-state index contributed by atoms with van der Waals surface area (Å²) in [4.78, 5) is 0. The Morgan fingerprint density at radius 2 is 0.521 bits per heavy atom. The van der Waals surface area contributed by atoms with Crippen molar-refractivity contribution in [3.05, 3.63) is 0 Å². The second-order valence-electron chi connectivity index (χ2n) is 25.3. The Bertz CT molecular complexity index is 994. The predicted molar refractivity (Wildman–Crippen MR) is 321 cm³/mol. The zero-order valence-corrected chi connectivity index (χ0v) is 50.8. The van der Waals surface area contributed by atoms with Crippen LogP contribution in [-0.4, -0.2) is 18.0 Å². The van der Waals surface area contributed by atoms with E-state index in [1.807, 2.05) is 6.92 Å². The van der Waals surface area contributed by atoms with Gasteiger partial charge in [0.15, 0.2) is 6.29 Å². The van der Waals surface area contributed by atoms with E-state index >= 15 is 0 Å². The Morgan fingerprint density at radius 3 is 0.761 bits per heavy atom. The van der Waals surface area contributed by atoms with Crippen molar-refractivity contribution in [2.24, 2.45) is 28.6 Å². The number of ether oxygens (including phenoxy) is 1. The van der Waals surface area contributed by atoms with Crippen molar-refractivity contribution >= 4 is 0 Å². The molecule has 0 heterocycles. The topological polar surface area (TPSA) is 29.5 Å². The summed E-state index contributed by atoms with van der Waals surface area (Å²) in [6.45, 7) is 16.8. The molecule has 1 rings (SSSR count). The van der Waals surface area contributed by atoms with Crippen molar-refractivity contribution in [3.8, 4) is 0 Å².